The molecule has 2 amide bonds. The number of hydrogen-bond donors (Lipinski definition) is 2. The third-order valence-corrected chi connectivity index (χ3v) is 4.30. The van der Waals surface area contributed by atoms with Crippen molar-refractivity contribution < 1.29 is 10.0 Å². The van der Waals surface area contributed by atoms with Gasteiger partial charge in [0.05, 0.1) is 6.54 Å². The lowest BCUT2D eigenvalue weighted by Crippen LogP contribution is -2.34. The van der Waals surface area contributed by atoms with Crippen molar-refractivity contribution in [3.8, 4) is 0 Å². The van der Waals surface area contributed by atoms with Gasteiger partial charge in [-0.05, 0) is 40.6 Å². The van der Waals surface area contributed by atoms with E-state index in [2.05, 4.69) is 23.6 Å². The van der Waals surface area contributed by atoms with E-state index in [9.17, 15) is 10.0 Å². The SMILES string of the molecule is NC(=O)N(O)CCc1ccc(C=Cc2ccsc2)s1. The number of nitrogens with two attached hydrogens (primary N) is 1. The number of primary amides is 1. The Morgan fingerprint density at radius 3 is 2.89 bits per heavy atom. The molecule has 0 radical (unpaired) electrons. The van der Waals surface area contributed by atoms with Gasteiger partial charge in [0.15, 0.2) is 0 Å². The Kier molecular flexibility index (Phi) is 4.73. The fourth-order valence-corrected chi connectivity index (χ4v) is 3.03. The van der Waals surface area contributed by atoms with Crippen molar-refractivity contribution in [1.29, 1.82) is 0 Å². The van der Waals surface area contributed by atoms with Crippen molar-refractivity contribution in [2.24, 2.45) is 5.73 Å². The summed E-state index contributed by atoms with van der Waals surface area (Å²) in [5.74, 6) is 0. The zero-order valence-corrected chi connectivity index (χ0v) is 11.8. The molecule has 2 heterocycles. The van der Waals surface area contributed by atoms with Gasteiger partial charge in [0, 0.05) is 16.2 Å². The summed E-state index contributed by atoms with van der Waals surface area (Å²) in [5.41, 5.74) is 6.13. The van der Waals surface area contributed by atoms with Crippen LogP contribution in [0.2, 0.25) is 0 Å². The zero-order chi connectivity index (χ0) is 13.7. The maximum absolute atomic E-state index is 10.7. The molecule has 4 nitrogen and oxygen atoms in total. The van der Waals surface area contributed by atoms with Gasteiger partial charge in [-0.2, -0.15) is 11.3 Å². The van der Waals surface area contributed by atoms with Crippen molar-refractivity contribution >= 4 is 40.9 Å². The molecule has 0 spiro atoms. The average Bonchev–Trinajstić information content (AvgIpc) is 3.04. The molecule has 0 aliphatic carbocycles. The summed E-state index contributed by atoms with van der Waals surface area (Å²) in [7, 11) is 0. The first-order chi connectivity index (χ1) is 9.15. The molecular weight excluding hydrogens is 280 g/mol. The van der Waals surface area contributed by atoms with E-state index in [1.54, 1.807) is 22.7 Å². The van der Waals surface area contributed by atoms with Crippen LogP contribution in [0.3, 0.4) is 0 Å². The summed E-state index contributed by atoms with van der Waals surface area (Å²) < 4.78 is 0. The number of carbonyl (C=O) groups is 1. The fourth-order valence-electron chi connectivity index (χ4n) is 1.49. The number of thiophene rings is 2. The normalized spacial score (nSPS) is 11.0. The largest absolute Gasteiger partial charge is 0.350 e. The highest BCUT2D eigenvalue weighted by Crippen LogP contribution is 2.20. The summed E-state index contributed by atoms with van der Waals surface area (Å²) in [4.78, 5) is 12.9. The van der Waals surface area contributed by atoms with Gasteiger partial charge in [-0.3, -0.25) is 5.21 Å². The highest BCUT2D eigenvalue weighted by atomic mass is 32.1. The number of nitrogens with zero attached hydrogens (tertiary/aromatic N) is 1. The second kappa shape index (κ2) is 6.51. The van der Waals surface area contributed by atoms with E-state index in [0.29, 0.717) is 11.5 Å². The van der Waals surface area contributed by atoms with E-state index < -0.39 is 6.03 Å². The summed E-state index contributed by atoms with van der Waals surface area (Å²) in [6.07, 6.45) is 4.71. The topological polar surface area (TPSA) is 66.6 Å². The summed E-state index contributed by atoms with van der Waals surface area (Å²) >= 11 is 3.30. The van der Waals surface area contributed by atoms with Crippen molar-refractivity contribution in [3.05, 3.63) is 44.3 Å². The van der Waals surface area contributed by atoms with E-state index >= 15 is 0 Å². The minimum atomic E-state index is -0.825. The quantitative estimate of drug-likeness (QED) is 0.656. The van der Waals surface area contributed by atoms with E-state index in [0.717, 1.165) is 9.75 Å². The van der Waals surface area contributed by atoms with Crippen molar-refractivity contribution in [1.82, 2.24) is 5.06 Å². The van der Waals surface area contributed by atoms with Gasteiger partial charge in [-0.15, -0.1) is 11.3 Å². The molecule has 2 rings (SSSR count). The molecular formula is C13H14N2O2S2. The van der Waals surface area contributed by atoms with Gasteiger partial charge in [-0.25, -0.2) is 9.86 Å². The van der Waals surface area contributed by atoms with Crippen LogP contribution in [-0.4, -0.2) is 22.8 Å². The van der Waals surface area contributed by atoms with Gasteiger partial charge >= 0.3 is 6.03 Å². The lowest BCUT2D eigenvalue weighted by atomic mass is 10.3. The lowest BCUT2D eigenvalue weighted by molar-refractivity contribution is -0.0380. The number of hydrogen-bond acceptors (Lipinski definition) is 4. The zero-order valence-electron chi connectivity index (χ0n) is 10.2. The van der Waals surface area contributed by atoms with E-state index in [1.807, 2.05) is 17.5 Å². The third-order valence-electron chi connectivity index (χ3n) is 2.49. The molecule has 6 heteroatoms. The second-order valence-corrected chi connectivity index (χ2v) is 5.89. The number of rotatable bonds is 5. The molecule has 0 aromatic carbocycles. The fraction of sp³-hybridized carbons (Fsp3) is 0.154. The van der Waals surface area contributed by atoms with Crippen molar-refractivity contribution in [2.75, 3.05) is 6.54 Å². The number of amides is 2. The van der Waals surface area contributed by atoms with E-state index in [4.69, 9.17) is 5.73 Å². The van der Waals surface area contributed by atoms with Crippen LogP contribution in [0.4, 0.5) is 4.79 Å². The predicted octanol–water partition coefficient (Wildman–Crippen LogP) is 3.29. The minimum absolute atomic E-state index is 0.212. The highest BCUT2D eigenvalue weighted by Gasteiger charge is 2.06. The molecule has 0 atom stereocenters. The van der Waals surface area contributed by atoms with Crippen LogP contribution in [0.5, 0.6) is 0 Å². The van der Waals surface area contributed by atoms with Crippen LogP contribution in [0.25, 0.3) is 12.2 Å². The summed E-state index contributed by atoms with van der Waals surface area (Å²) in [6, 6.07) is 5.25. The van der Waals surface area contributed by atoms with Crippen LogP contribution in [-0.2, 0) is 6.42 Å². The summed E-state index contributed by atoms with van der Waals surface area (Å²) in [5, 5.41) is 13.8. The maximum atomic E-state index is 10.7. The Bertz CT molecular complexity index is 561. The molecule has 2 aromatic rings. The number of urea groups is 1. The van der Waals surface area contributed by atoms with Crippen molar-refractivity contribution in [3.63, 3.8) is 0 Å². The first-order valence-electron chi connectivity index (χ1n) is 5.70. The van der Waals surface area contributed by atoms with Gasteiger partial charge in [-0.1, -0.05) is 6.08 Å². The maximum Gasteiger partial charge on any atom is 0.338 e. The van der Waals surface area contributed by atoms with Crippen molar-refractivity contribution in [2.45, 2.75) is 6.42 Å². The molecule has 0 aliphatic heterocycles. The van der Waals surface area contributed by atoms with Crippen LogP contribution in [0, 0.1) is 0 Å². The lowest BCUT2D eigenvalue weighted by Gasteiger charge is -2.10. The van der Waals surface area contributed by atoms with Gasteiger partial charge in [0.1, 0.15) is 0 Å². The molecule has 19 heavy (non-hydrogen) atoms. The molecule has 0 fully saturated rings. The van der Waals surface area contributed by atoms with Crippen LogP contribution < -0.4 is 5.73 Å². The van der Waals surface area contributed by atoms with Gasteiger partial charge in [0.25, 0.3) is 0 Å². The Morgan fingerprint density at radius 1 is 1.37 bits per heavy atom. The highest BCUT2D eigenvalue weighted by molar-refractivity contribution is 7.12. The Labute approximate surface area is 119 Å². The smallest absolute Gasteiger partial charge is 0.338 e. The molecule has 0 bridgehead atoms. The molecule has 0 aliphatic rings. The van der Waals surface area contributed by atoms with Gasteiger partial charge < -0.3 is 5.73 Å². The Hall–Kier alpha value is -1.63. The molecule has 0 saturated heterocycles. The number of carbonyl (C=O) groups excluding carboxylic acids is 1. The minimum Gasteiger partial charge on any atom is -0.350 e. The van der Waals surface area contributed by atoms with Crippen LogP contribution in [0.1, 0.15) is 15.3 Å². The molecule has 0 unspecified atom stereocenters. The monoisotopic (exact) mass is 294 g/mol. The summed E-state index contributed by atoms with van der Waals surface area (Å²) in [6.45, 7) is 0.212. The molecule has 3 N–H and O–H groups in total. The van der Waals surface area contributed by atoms with Crippen LogP contribution >= 0.6 is 22.7 Å². The Balaban J connectivity index is 1.90. The standard InChI is InChI=1S/C13H14N2O2S2/c14-13(16)15(17)7-5-12-4-3-11(19-12)2-1-10-6-8-18-9-10/h1-4,6,8-9,17H,5,7H2,(H2,14,16). The van der Waals surface area contributed by atoms with Crippen LogP contribution in [0.15, 0.2) is 29.0 Å². The molecule has 2 aromatic heterocycles. The molecule has 100 valence electrons. The predicted molar refractivity (Wildman–Crippen MR) is 79.3 cm³/mol. The Morgan fingerprint density at radius 2 is 2.21 bits per heavy atom. The van der Waals surface area contributed by atoms with E-state index in [-0.39, 0.29) is 6.54 Å². The second-order valence-electron chi connectivity index (χ2n) is 3.91. The average molecular weight is 294 g/mol. The molecule has 0 saturated carbocycles. The number of hydroxylamine groups is 2. The van der Waals surface area contributed by atoms with Gasteiger partial charge in [0.2, 0.25) is 0 Å². The van der Waals surface area contributed by atoms with E-state index in [1.165, 1.54) is 5.56 Å². The first-order valence-corrected chi connectivity index (χ1v) is 7.46. The third kappa shape index (κ3) is 4.20. The first kappa shape index (κ1) is 13.8.